The third-order valence-electron chi connectivity index (χ3n) is 5.70. The zero-order chi connectivity index (χ0) is 26.1. The van der Waals surface area contributed by atoms with Crippen LogP contribution in [0.3, 0.4) is 0 Å². The number of oxime groups is 1. The molecule has 2 aliphatic rings. The van der Waals surface area contributed by atoms with Crippen molar-refractivity contribution in [3.8, 4) is 0 Å². The van der Waals surface area contributed by atoms with Crippen LogP contribution < -0.4 is 20.7 Å². The van der Waals surface area contributed by atoms with Crippen molar-refractivity contribution in [3.63, 3.8) is 0 Å². The number of carbonyl (C=O) groups is 3. The predicted octanol–water partition coefficient (Wildman–Crippen LogP) is -0.940. The first kappa shape index (κ1) is 24.7. The summed E-state index contributed by atoms with van der Waals surface area (Å²) in [6, 6.07) is 4.68. The Bertz CT molecular complexity index is 1420. The van der Waals surface area contributed by atoms with Crippen LogP contribution in [-0.4, -0.2) is 68.2 Å². The number of carboxylic acids is 1. The summed E-state index contributed by atoms with van der Waals surface area (Å²) in [5.41, 5.74) is 6.71. The number of fused-ring (bicyclic) bond motifs is 2. The number of alkyl halides is 1. The molecule has 0 saturated carbocycles. The maximum Gasteiger partial charge on any atom is 0.276 e. The van der Waals surface area contributed by atoms with E-state index in [1.807, 2.05) is 45.9 Å². The number of hydrogen-bond acceptors (Lipinski definition) is 10. The molecule has 3 aromatic heterocycles. The van der Waals surface area contributed by atoms with Gasteiger partial charge in [-0.25, -0.2) is 18.3 Å². The van der Waals surface area contributed by atoms with Crippen LogP contribution >= 0.6 is 23.1 Å². The van der Waals surface area contributed by atoms with E-state index in [4.69, 9.17) is 10.6 Å². The Balaban J connectivity index is 1.34. The van der Waals surface area contributed by atoms with E-state index < -0.39 is 35.9 Å². The Hall–Kier alpha value is -3.98. The van der Waals surface area contributed by atoms with Crippen molar-refractivity contribution >= 4 is 57.2 Å². The van der Waals surface area contributed by atoms with Crippen molar-refractivity contribution < 1.29 is 33.3 Å². The second kappa shape index (κ2) is 10.2. The van der Waals surface area contributed by atoms with Gasteiger partial charge in [0.05, 0.1) is 17.9 Å². The van der Waals surface area contributed by atoms with Crippen molar-refractivity contribution in [3.05, 3.63) is 59.3 Å². The SMILES string of the molecule is Nc1nc(/C(=N/OCCF)C(=O)N[C@@H]2C(=O)N3C(C(=O)[O-])=C(C[n+]4cc5ccccn5c4)CS[C@H]23)cs1. The first-order chi connectivity index (χ1) is 17.9. The van der Waals surface area contributed by atoms with E-state index in [9.17, 15) is 23.9 Å². The molecule has 1 fully saturated rings. The van der Waals surface area contributed by atoms with E-state index in [-0.39, 0.29) is 35.4 Å². The van der Waals surface area contributed by atoms with Crippen molar-refractivity contribution in [2.75, 3.05) is 24.8 Å². The lowest BCUT2D eigenvalue weighted by atomic mass is 10.0. The number of imidazole rings is 1. The average Bonchev–Trinajstić information content (AvgIpc) is 3.50. The third-order valence-corrected chi connectivity index (χ3v) is 7.71. The number of pyridine rings is 1. The van der Waals surface area contributed by atoms with E-state index in [0.29, 0.717) is 11.3 Å². The van der Waals surface area contributed by atoms with E-state index >= 15 is 0 Å². The zero-order valence-corrected chi connectivity index (χ0v) is 20.7. The molecule has 3 aromatic rings. The Morgan fingerprint density at radius 3 is 2.95 bits per heavy atom. The summed E-state index contributed by atoms with van der Waals surface area (Å²) in [5.74, 6) is -2.55. The van der Waals surface area contributed by atoms with Crippen LogP contribution in [-0.2, 0) is 25.8 Å². The Morgan fingerprint density at radius 1 is 1.41 bits per heavy atom. The second-order valence-electron chi connectivity index (χ2n) is 8.08. The van der Waals surface area contributed by atoms with Crippen molar-refractivity contribution in [1.29, 1.82) is 0 Å². The summed E-state index contributed by atoms with van der Waals surface area (Å²) in [7, 11) is 0. The Labute approximate surface area is 217 Å². The predicted molar refractivity (Wildman–Crippen MR) is 130 cm³/mol. The topological polar surface area (TPSA) is 158 Å². The number of hydrogen-bond donors (Lipinski definition) is 2. The lowest BCUT2D eigenvalue weighted by molar-refractivity contribution is -0.687. The fourth-order valence-corrected chi connectivity index (χ4v) is 5.98. The highest BCUT2D eigenvalue weighted by molar-refractivity contribution is 8.00. The van der Waals surface area contributed by atoms with Gasteiger partial charge in [-0.15, -0.1) is 23.1 Å². The molecule has 12 nitrogen and oxygen atoms in total. The molecule has 0 radical (unpaired) electrons. The van der Waals surface area contributed by atoms with Gasteiger partial charge < -0.3 is 25.8 Å². The van der Waals surface area contributed by atoms with Gasteiger partial charge in [0.15, 0.2) is 16.4 Å². The number of nitrogens with zero attached hydrogens (tertiary/aromatic N) is 5. The Morgan fingerprint density at radius 2 is 2.24 bits per heavy atom. The van der Waals surface area contributed by atoms with E-state index in [0.717, 1.165) is 21.8 Å². The number of amides is 2. The number of β-lactam (4-membered cyclic amide) rings is 1. The second-order valence-corrected chi connectivity index (χ2v) is 10.1. The zero-order valence-electron chi connectivity index (χ0n) is 19.1. The molecule has 0 unspecified atom stereocenters. The minimum Gasteiger partial charge on any atom is -0.543 e. The summed E-state index contributed by atoms with van der Waals surface area (Å²) >= 11 is 2.39. The number of aromatic nitrogens is 3. The van der Waals surface area contributed by atoms with Crippen LogP contribution in [0, 0.1) is 0 Å². The van der Waals surface area contributed by atoms with E-state index in [2.05, 4.69) is 15.5 Å². The average molecular weight is 546 g/mol. The van der Waals surface area contributed by atoms with Crippen molar-refractivity contribution in [1.82, 2.24) is 19.6 Å². The first-order valence-corrected chi connectivity index (χ1v) is 12.9. The van der Waals surface area contributed by atoms with Crippen molar-refractivity contribution in [2.24, 2.45) is 5.16 Å². The highest BCUT2D eigenvalue weighted by Gasteiger charge is 2.53. The number of thioether (sulfide) groups is 1. The molecule has 15 heteroatoms. The van der Waals surface area contributed by atoms with Crippen LogP contribution in [0.1, 0.15) is 5.69 Å². The summed E-state index contributed by atoms with van der Waals surface area (Å²) in [5, 5.41) is 19.3. The summed E-state index contributed by atoms with van der Waals surface area (Å²) in [4.78, 5) is 48.0. The third kappa shape index (κ3) is 4.74. The van der Waals surface area contributed by atoms with Gasteiger partial charge in [-0.3, -0.25) is 14.5 Å². The number of rotatable bonds is 9. The first-order valence-electron chi connectivity index (χ1n) is 11.0. The normalized spacial score (nSPS) is 19.5. The quantitative estimate of drug-likeness (QED) is 0.115. The smallest absolute Gasteiger partial charge is 0.276 e. The van der Waals surface area contributed by atoms with Gasteiger partial charge in [0, 0.05) is 16.7 Å². The number of anilines is 1. The number of halogens is 1. The molecule has 5 heterocycles. The van der Waals surface area contributed by atoms with Gasteiger partial charge in [0.1, 0.15) is 43.1 Å². The number of carboxylic acid groups (broad SMARTS) is 1. The number of nitrogens with one attached hydrogen (secondary N) is 1. The minimum atomic E-state index is -1.47. The molecule has 2 aliphatic heterocycles. The fourth-order valence-electron chi connectivity index (χ4n) is 4.10. The fraction of sp³-hybridized carbons (Fsp3) is 0.273. The summed E-state index contributed by atoms with van der Waals surface area (Å²) in [6.45, 7) is -0.937. The van der Waals surface area contributed by atoms with Crippen LogP contribution in [0.4, 0.5) is 9.52 Å². The van der Waals surface area contributed by atoms with E-state index in [1.165, 1.54) is 17.1 Å². The number of aliphatic carboxylic acids is 1. The molecular formula is C22H20FN7O5S2. The molecule has 37 heavy (non-hydrogen) atoms. The lowest BCUT2D eigenvalue weighted by Gasteiger charge is -2.50. The molecule has 2 atom stereocenters. The monoisotopic (exact) mass is 545 g/mol. The van der Waals surface area contributed by atoms with Crippen molar-refractivity contribution in [2.45, 2.75) is 18.0 Å². The van der Waals surface area contributed by atoms with Crippen LogP contribution in [0.25, 0.3) is 5.52 Å². The minimum absolute atomic E-state index is 0.105. The van der Waals surface area contributed by atoms with Crippen LogP contribution in [0.5, 0.6) is 0 Å². The number of nitrogens with two attached hydrogens (primary N) is 1. The molecule has 0 aliphatic carbocycles. The highest BCUT2D eigenvalue weighted by atomic mass is 32.2. The lowest BCUT2D eigenvalue weighted by Crippen LogP contribution is -2.71. The molecule has 2 amide bonds. The van der Waals surface area contributed by atoms with E-state index in [1.54, 1.807) is 0 Å². The van der Waals surface area contributed by atoms with Gasteiger partial charge in [-0.1, -0.05) is 11.2 Å². The summed E-state index contributed by atoms with van der Waals surface area (Å²) < 4.78 is 16.2. The molecule has 192 valence electrons. The van der Waals surface area contributed by atoms with Gasteiger partial charge in [-0.05, 0) is 12.1 Å². The number of carbonyl (C=O) groups excluding carboxylic acids is 3. The number of thiazole rings is 1. The van der Waals surface area contributed by atoms with Gasteiger partial charge in [0.25, 0.3) is 11.8 Å². The van der Waals surface area contributed by atoms with Gasteiger partial charge in [0.2, 0.25) is 6.33 Å². The Kier molecular flexibility index (Phi) is 6.80. The molecular weight excluding hydrogens is 525 g/mol. The molecule has 3 N–H and O–H groups in total. The molecule has 0 bridgehead atoms. The van der Waals surface area contributed by atoms with Crippen LogP contribution in [0.15, 0.2) is 58.7 Å². The molecule has 1 saturated heterocycles. The van der Waals surface area contributed by atoms with Gasteiger partial charge >= 0.3 is 0 Å². The summed E-state index contributed by atoms with van der Waals surface area (Å²) in [6.07, 6.45) is 5.57. The maximum absolute atomic E-state index is 13.0. The number of nitrogen functional groups attached to an aromatic ring is 1. The molecule has 0 aromatic carbocycles. The highest BCUT2D eigenvalue weighted by Crippen LogP contribution is 2.40. The standard InChI is InChI=1S/C22H20FN7O5S2/c23-4-6-35-27-15(14-10-37-22(24)25-14)18(31)26-16-19(32)30-17(21(33)34)12(9-36-20(16)30)7-28-8-13-3-1-2-5-29(13)11-28/h1-3,5,8,10-11,16,20H,4,6-7,9H2,(H3-,24,25,26,31,33,34)/b27-15-/t16-,20-/m1/s1. The molecule has 0 spiro atoms. The van der Waals surface area contributed by atoms with Crippen LogP contribution in [0.2, 0.25) is 0 Å². The molecule has 5 rings (SSSR count). The maximum atomic E-state index is 13.0. The largest absolute Gasteiger partial charge is 0.543 e. The van der Waals surface area contributed by atoms with Gasteiger partial charge in [-0.2, -0.15) is 0 Å².